The van der Waals surface area contributed by atoms with Crippen molar-refractivity contribution in [2.45, 2.75) is 59.6 Å². The first-order valence-electron chi connectivity index (χ1n) is 10.7. The van der Waals surface area contributed by atoms with Crippen molar-refractivity contribution in [2.75, 3.05) is 25.1 Å². The summed E-state index contributed by atoms with van der Waals surface area (Å²) in [6.45, 7) is 8.07. The van der Waals surface area contributed by atoms with E-state index < -0.39 is 17.8 Å². The van der Waals surface area contributed by atoms with Crippen molar-refractivity contribution in [2.24, 2.45) is 5.41 Å². The summed E-state index contributed by atoms with van der Waals surface area (Å²) >= 11 is 0. The summed E-state index contributed by atoms with van der Waals surface area (Å²) in [6, 6.07) is 1.56. The molecule has 2 rings (SSSR count). The minimum Gasteiger partial charge on any atom is -0.463 e. The van der Waals surface area contributed by atoms with Crippen LogP contribution in [0.5, 0.6) is 0 Å². The van der Waals surface area contributed by atoms with Crippen molar-refractivity contribution < 1.29 is 24.2 Å². The molecular weight excluding hydrogens is 414 g/mol. The molecule has 1 aliphatic carbocycles. The summed E-state index contributed by atoms with van der Waals surface area (Å²) < 4.78 is 11.6. The molecule has 0 spiro atoms. The third-order valence-electron chi connectivity index (χ3n) is 5.16. The molecule has 0 saturated heterocycles. The SMILES string of the molecule is CC(=O)OCCO[C@H](CO)CCn1ccc(NC(=O)C2=CC=C(C(C)(C)C)CC2)nc1=O. The van der Waals surface area contributed by atoms with Crippen molar-refractivity contribution in [3.63, 3.8) is 0 Å². The first-order chi connectivity index (χ1) is 15.1. The molecule has 9 nitrogen and oxygen atoms in total. The van der Waals surface area contributed by atoms with E-state index in [1.807, 2.05) is 12.2 Å². The monoisotopic (exact) mass is 447 g/mol. The first-order valence-corrected chi connectivity index (χ1v) is 10.7. The zero-order valence-electron chi connectivity index (χ0n) is 19.2. The lowest BCUT2D eigenvalue weighted by atomic mass is 9.80. The van der Waals surface area contributed by atoms with Crippen LogP contribution in [0.15, 0.2) is 40.4 Å². The summed E-state index contributed by atoms with van der Waals surface area (Å²) in [7, 11) is 0. The zero-order valence-corrected chi connectivity index (χ0v) is 19.2. The number of esters is 1. The van der Waals surface area contributed by atoms with Gasteiger partial charge in [0.25, 0.3) is 5.91 Å². The van der Waals surface area contributed by atoms with Crippen LogP contribution < -0.4 is 11.0 Å². The van der Waals surface area contributed by atoms with Gasteiger partial charge in [-0.3, -0.25) is 14.2 Å². The Balaban J connectivity index is 1.89. The number of aryl methyl sites for hydroxylation is 1. The molecule has 176 valence electrons. The quantitative estimate of drug-likeness (QED) is 0.417. The number of anilines is 1. The molecule has 1 aliphatic rings. The highest BCUT2D eigenvalue weighted by atomic mass is 16.6. The second-order valence-corrected chi connectivity index (χ2v) is 8.68. The van der Waals surface area contributed by atoms with Gasteiger partial charge in [0.15, 0.2) is 0 Å². The number of aliphatic hydroxyl groups is 1. The fourth-order valence-electron chi connectivity index (χ4n) is 3.23. The van der Waals surface area contributed by atoms with Gasteiger partial charge in [-0.05, 0) is 30.7 Å². The van der Waals surface area contributed by atoms with E-state index in [-0.39, 0.29) is 43.5 Å². The van der Waals surface area contributed by atoms with E-state index in [4.69, 9.17) is 9.47 Å². The second kappa shape index (κ2) is 11.7. The number of amides is 1. The number of hydrogen-bond acceptors (Lipinski definition) is 7. The van der Waals surface area contributed by atoms with E-state index in [1.165, 1.54) is 17.1 Å². The Hall–Kier alpha value is -2.78. The Morgan fingerprint density at radius 1 is 1.25 bits per heavy atom. The maximum atomic E-state index is 12.5. The van der Waals surface area contributed by atoms with Crippen molar-refractivity contribution in [1.82, 2.24) is 9.55 Å². The van der Waals surface area contributed by atoms with E-state index in [0.717, 1.165) is 6.42 Å². The van der Waals surface area contributed by atoms with Gasteiger partial charge in [-0.2, -0.15) is 4.98 Å². The third kappa shape index (κ3) is 8.05. The number of aromatic nitrogens is 2. The molecular formula is C23H33N3O6. The number of hydrogen-bond donors (Lipinski definition) is 2. The Kier molecular flexibility index (Phi) is 9.34. The van der Waals surface area contributed by atoms with Gasteiger partial charge < -0.3 is 19.9 Å². The molecule has 9 heteroatoms. The highest BCUT2D eigenvalue weighted by Gasteiger charge is 2.21. The van der Waals surface area contributed by atoms with E-state index >= 15 is 0 Å². The highest BCUT2D eigenvalue weighted by Crippen LogP contribution is 2.33. The molecule has 1 heterocycles. The molecule has 0 aliphatic heterocycles. The Bertz CT molecular complexity index is 926. The lowest BCUT2D eigenvalue weighted by Gasteiger charge is -2.25. The highest BCUT2D eigenvalue weighted by molar-refractivity contribution is 6.03. The number of nitrogens with one attached hydrogen (secondary N) is 1. The minimum absolute atomic E-state index is 0.0764. The summed E-state index contributed by atoms with van der Waals surface area (Å²) in [5.41, 5.74) is 1.52. The van der Waals surface area contributed by atoms with Gasteiger partial charge in [0.2, 0.25) is 0 Å². The molecule has 0 unspecified atom stereocenters. The summed E-state index contributed by atoms with van der Waals surface area (Å²) in [6.07, 6.45) is 6.72. The van der Waals surface area contributed by atoms with Crippen molar-refractivity contribution in [1.29, 1.82) is 0 Å². The van der Waals surface area contributed by atoms with Crippen LogP contribution in [0, 0.1) is 5.41 Å². The van der Waals surface area contributed by atoms with E-state index in [2.05, 4.69) is 31.1 Å². The predicted molar refractivity (Wildman–Crippen MR) is 120 cm³/mol. The van der Waals surface area contributed by atoms with Crippen LogP contribution in [-0.4, -0.2) is 52.5 Å². The van der Waals surface area contributed by atoms with E-state index in [0.29, 0.717) is 18.4 Å². The molecule has 0 saturated carbocycles. The summed E-state index contributed by atoms with van der Waals surface area (Å²) in [5, 5.41) is 12.1. The number of allylic oxidation sites excluding steroid dienone is 3. The topological polar surface area (TPSA) is 120 Å². The van der Waals surface area contributed by atoms with Gasteiger partial charge in [-0.1, -0.05) is 38.5 Å². The zero-order chi connectivity index (χ0) is 23.7. The molecule has 32 heavy (non-hydrogen) atoms. The van der Waals surface area contributed by atoms with Crippen LogP contribution in [0.2, 0.25) is 0 Å². The van der Waals surface area contributed by atoms with Gasteiger partial charge in [-0.15, -0.1) is 0 Å². The van der Waals surface area contributed by atoms with Crippen LogP contribution in [-0.2, 0) is 25.6 Å². The van der Waals surface area contributed by atoms with Crippen LogP contribution >= 0.6 is 0 Å². The Morgan fingerprint density at radius 2 is 2.00 bits per heavy atom. The lowest BCUT2D eigenvalue weighted by molar-refractivity contribution is -0.143. The van der Waals surface area contributed by atoms with Crippen molar-refractivity contribution in [3.8, 4) is 0 Å². The molecule has 1 aromatic rings. The third-order valence-corrected chi connectivity index (χ3v) is 5.16. The first kappa shape index (κ1) is 25.5. The predicted octanol–water partition coefficient (Wildman–Crippen LogP) is 2.21. The van der Waals surface area contributed by atoms with Gasteiger partial charge in [0.05, 0.1) is 19.3 Å². The van der Waals surface area contributed by atoms with Gasteiger partial charge >= 0.3 is 11.7 Å². The van der Waals surface area contributed by atoms with Crippen LogP contribution in [0.3, 0.4) is 0 Å². The lowest BCUT2D eigenvalue weighted by Crippen LogP contribution is -2.28. The maximum absolute atomic E-state index is 12.5. The van der Waals surface area contributed by atoms with Crippen LogP contribution in [0.4, 0.5) is 5.82 Å². The van der Waals surface area contributed by atoms with E-state index in [1.54, 1.807) is 12.3 Å². The van der Waals surface area contributed by atoms with Gasteiger partial charge in [-0.25, -0.2) is 4.79 Å². The number of nitrogens with zero attached hydrogens (tertiary/aromatic N) is 2. The number of ether oxygens (including phenoxy) is 2. The number of rotatable bonds is 10. The largest absolute Gasteiger partial charge is 0.463 e. The number of carbonyl (C=O) groups excluding carboxylic acids is 2. The second-order valence-electron chi connectivity index (χ2n) is 8.68. The standard InChI is InChI=1S/C23H33N3O6/c1-16(28)31-13-14-32-19(15-27)9-11-26-12-10-20(25-22(26)30)24-21(29)17-5-7-18(8-6-17)23(2,3)4/h5,7,10,12,19,27H,6,8-9,11,13-15H2,1-4H3,(H,24,25,29,30)/t19-/m0/s1. The van der Waals surface area contributed by atoms with Gasteiger partial charge in [0, 0.05) is 25.2 Å². The minimum atomic E-state index is -0.507. The van der Waals surface area contributed by atoms with Crippen molar-refractivity contribution in [3.05, 3.63) is 46.0 Å². The number of carbonyl (C=O) groups is 2. The molecule has 1 atom stereocenters. The Morgan fingerprint density at radius 3 is 2.56 bits per heavy atom. The average Bonchev–Trinajstić information content (AvgIpc) is 2.73. The fraction of sp³-hybridized carbons (Fsp3) is 0.565. The fourth-order valence-corrected chi connectivity index (χ4v) is 3.23. The summed E-state index contributed by atoms with van der Waals surface area (Å²) in [5.74, 6) is -0.468. The van der Waals surface area contributed by atoms with Crippen molar-refractivity contribution >= 4 is 17.7 Å². The number of aliphatic hydroxyl groups excluding tert-OH is 1. The average molecular weight is 448 g/mol. The van der Waals surface area contributed by atoms with Crippen LogP contribution in [0.1, 0.15) is 47.0 Å². The molecule has 0 bridgehead atoms. The Labute approximate surface area is 188 Å². The summed E-state index contributed by atoms with van der Waals surface area (Å²) in [4.78, 5) is 39.5. The van der Waals surface area contributed by atoms with Crippen LogP contribution in [0.25, 0.3) is 0 Å². The normalized spacial score (nSPS) is 14.9. The molecule has 1 amide bonds. The maximum Gasteiger partial charge on any atom is 0.349 e. The molecule has 1 aromatic heterocycles. The molecule has 2 N–H and O–H groups in total. The molecule has 0 radical (unpaired) electrons. The smallest absolute Gasteiger partial charge is 0.349 e. The molecule has 0 fully saturated rings. The van der Waals surface area contributed by atoms with E-state index in [9.17, 15) is 19.5 Å². The van der Waals surface area contributed by atoms with Gasteiger partial charge in [0.1, 0.15) is 12.4 Å². The molecule has 0 aromatic carbocycles.